The lowest BCUT2D eigenvalue weighted by Crippen LogP contribution is -2.55. The summed E-state index contributed by atoms with van der Waals surface area (Å²) in [6, 6.07) is 8.10. The molecule has 0 saturated carbocycles. The number of non-ortho nitro benzene ring substituents is 1. The fourth-order valence-electron chi connectivity index (χ4n) is 5.08. The van der Waals surface area contributed by atoms with Crippen molar-refractivity contribution in [1.82, 2.24) is 21.3 Å². The van der Waals surface area contributed by atoms with Gasteiger partial charge in [-0.15, -0.1) is 0 Å². The zero-order chi connectivity index (χ0) is 47.0. The number of azide groups is 1. The maximum atomic E-state index is 13.4. The SMILES string of the molecule is CC(C)C(NC(=O)COCC(=O)NCCOCCOCCOCCOCCN=[N+]=[N-])C(=O)N[C@H](CCCNC(N)=O)C(=O)Nc1ccc(COC(=O)Oc2ccc([N+](=O)[O-])cc2)cc1. The maximum absolute atomic E-state index is 13.4. The topological polar surface area (TPSA) is 345 Å². The van der Waals surface area contributed by atoms with Crippen molar-refractivity contribution < 1.29 is 66.8 Å². The molecule has 0 heterocycles. The number of urea groups is 1. The van der Waals surface area contributed by atoms with E-state index in [0.29, 0.717) is 57.5 Å². The van der Waals surface area contributed by atoms with Crippen molar-refractivity contribution >= 4 is 47.2 Å². The van der Waals surface area contributed by atoms with Crippen LogP contribution in [0.2, 0.25) is 0 Å². The maximum Gasteiger partial charge on any atom is 0.514 e. The molecule has 0 aliphatic carbocycles. The minimum atomic E-state index is -1.12. The summed E-state index contributed by atoms with van der Waals surface area (Å²) >= 11 is 0. The number of carbonyl (C=O) groups excluding carboxylic acids is 6. The molecule has 2 atom stereocenters. The van der Waals surface area contributed by atoms with E-state index in [-0.39, 0.29) is 57.1 Å². The average molecular weight is 905 g/mol. The first-order valence-electron chi connectivity index (χ1n) is 20.1. The molecule has 2 aromatic carbocycles. The van der Waals surface area contributed by atoms with Crippen LogP contribution in [0.4, 0.5) is 21.0 Å². The Bertz CT molecular complexity index is 1810. The molecule has 0 aliphatic rings. The highest BCUT2D eigenvalue weighted by molar-refractivity contribution is 5.98. The van der Waals surface area contributed by atoms with Crippen molar-refractivity contribution in [2.45, 2.75) is 45.4 Å². The number of nitrogens with zero attached hydrogens (tertiary/aromatic N) is 4. The number of nitrogens with one attached hydrogen (secondary N) is 5. The number of rotatable bonds is 33. The zero-order valence-electron chi connectivity index (χ0n) is 35.7. The van der Waals surface area contributed by atoms with Crippen LogP contribution < -0.4 is 37.1 Å². The molecule has 0 radical (unpaired) electrons. The lowest BCUT2D eigenvalue weighted by Gasteiger charge is -2.25. The Balaban J connectivity index is 1.75. The summed E-state index contributed by atoms with van der Waals surface area (Å²) < 4.78 is 36.7. The lowest BCUT2D eigenvalue weighted by atomic mass is 10.0. The first kappa shape index (κ1) is 53.5. The predicted molar refractivity (Wildman–Crippen MR) is 226 cm³/mol. The van der Waals surface area contributed by atoms with Crippen molar-refractivity contribution in [3.05, 3.63) is 74.7 Å². The molecule has 0 fully saturated rings. The zero-order valence-corrected chi connectivity index (χ0v) is 35.7. The van der Waals surface area contributed by atoms with Gasteiger partial charge in [-0.25, -0.2) is 9.59 Å². The van der Waals surface area contributed by atoms with Crippen molar-refractivity contribution in [2.24, 2.45) is 16.8 Å². The molecule has 6 amide bonds. The Kier molecular flexibility index (Phi) is 26.8. The molecule has 0 saturated heterocycles. The molecule has 0 bridgehead atoms. The number of carbonyl (C=O) groups is 6. The van der Waals surface area contributed by atoms with E-state index in [2.05, 4.69) is 36.6 Å². The molecule has 1 unspecified atom stereocenters. The summed E-state index contributed by atoms with van der Waals surface area (Å²) in [6.07, 6.45) is -0.715. The Morgan fingerprint density at radius 3 is 1.97 bits per heavy atom. The number of nitro benzene ring substituents is 1. The monoisotopic (exact) mass is 904 g/mol. The second-order valence-corrected chi connectivity index (χ2v) is 13.6. The number of amides is 6. The Hall–Kier alpha value is -6.63. The number of ether oxygens (including phenoxy) is 7. The molecule has 0 spiro atoms. The molecule has 64 heavy (non-hydrogen) atoms. The molecular weight excluding hydrogens is 848 g/mol. The van der Waals surface area contributed by atoms with Gasteiger partial charge in [0.1, 0.15) is 37.7 Å². The van der Waals surface area contributed by atoms with Crippen molar-refractivity contribution in [1.29, 1.82) is 0 Å². The van der Waals surface area contributed by atoms with Gasteiger partial charge in [0.05, 0.1) is 57.8 Å². The van der Waals surface area contributed by atoms with Gasteiger partial charge in [-0.2, -0.15) is 0 Å². The predicted octanol–water partition coefficient (Wildman–Crippen LogP) is 1.83. The van der Waals surface area contributed by atoms with Gasteiger partial charge in [0.15, 0.2) is 0 Å². The van der Waals surface area contributed by atoms with Gasteiger partial charge in [-0.3, -0.25) is 29.3 Å². The second kappa shape index (κ2) is 32.1. The largest absolute Gasteiger partial charge is 0.514 e. The van der Waals surface area contributed by atoms with Gasteiger partial charge < -0.3 is 65.5 Å². The highest BCUT2D eigenvalue weighted by atomic mass is 16.7. The quantitative estimate of drug-likeness (QED) is 0.00870. The smallest absolute Gasteiger partial charge is 0.429 e. The van der Waals surface area contributed by atoms with Gasteiger partial charge in [-0.05, 0) is 54.1 Å². The molecular formula is C39H56N10O15. The third-order valence-corrected chi connectivity index (χ3v) is 8.24. The van der Waals surface area contributed by atoms with Gasteiger partial charge in [0, 0.05) is 42.4 Å². The molecule has 0 aromatic heterocycles. The van der Waals surface area contributed by atoms with E-state index in [9.17, 15) is 38.9 Å². The normalized spacial score (nSPS) is 11.6. The van der Waals surface area contributed by atoms with Gasteiger partial charge >= 0.3 is 12.2 Å². The fourth-order valence-corrected chi connectivity index (χ4v) is 5.08. The number of anilines is 1. The van der Waals surface area contributed by atoms with E-state index in [4.69, 9.17) is 44.4 Å². The highest BCUT2D eigenvalue weighted by Gasteiger charge is 2.29. The van der Waals surface area contributed by atoms with E-state index >= 15 is 0 Å². The van der Waals surface area contributed by atoms with E-state index in [1.807, 2.05) is 0 Å². The van der Waals surface area contributed by atoms with Crippen molar-refractivity contribution in [3.8, 4) is 5.75 Å². The number of benzene rings is 2. The van der Waals surface area contributed by atoms with Gasteiger partial charge in [0.2, 0.25) is 23.6 Å². The fraction of sp³-hybridized carbons (Fsp3) is 0.538. The van der Waals surface area contributed by atoms with E-state index in [1.165, 1.54) is 36.4 Å². The third kappa shape index (κ3) is 24.7. The van der Waals surface area contributed by atoms with Crippen molar-refractivity contribution in [3.63, 3.8) is 0 Å². The van der Waals surface area contributed by atoms with Crippen molar-refractivity contribution in [2.75, 3.05) is 91.0 Å². The number of nitrogens with two attached hydrogens (primary N) is 1. The Morgan fingerprint density at radius 1 is 0.766 bits per heavy atom. The average Bonchev–Trinajstić information content (AvgIpc) is 3.26. The summed E-state index contributed by atoms with van der Waals surface area (Å²) in [7, 11) is 0. The van der Waals surface area contributed by atoms with Crippen LogP contribution >= 0.6 is 0 Å². The summed E-state index contributed by atoms with van der Waals surface area (Å²) in [5, 5.41) is 27.1. The van der Waals surface area contributed by atoms with Crippen LogP contribution in [0.5, 0.6) is 5.75 Å². The van der Waals surface area contributed by atoms with E-state index < -0.39 is 72.0 Å². The van der Waals surface area contributed by atoms with Gasteiger partial charge in [0.25, 0.3) is 5.69 Å². The van der Waals surface area contributed by atoms with Crippen LogP contribution in [0.1, 0.15) is 32.3 Å². The molecule has 2 rings (SSSR count). The van der Waals surface area contributed by atoms with Crippen LogP contribution in [0.25, 0.3) is 10.4 Å². The van der Waals surface area contributed by atoms with Crippen LogP contribution in [0.15, 0.2) is 53.6 Å². The van der Waals surface area contributed by atoms with E-state index in [0.717, 1.165) is 0 Å². The molecule has 7 N–H and O–H groups in total. The van der Waals surface area contributed by atoms with Crippen LogP contribution in [0.3, 0.4) is 0 Å². The molecule has 25 nitrogen and oxygen atoms in total. The summed E-state index contributed by atoms with van der Waals surface area (Å²) in [4.78, 5) is 87.9. The van der Waals surface area contributed by atoms with Crippen LogP contribution in [0, 0.1) is 16.0 Å². The second-order valence-electron chi connectivity index (χ2n) is 13.6. The van der Waals surface area contributed by atoms with E-state index in [1.54, 1.807) is 26.0 Å². The lowest BCUT2D eigenvalue weighted by molar-refractivity contribution is -0.384. The summed E-state index contributed by atoms with van der Waals surface area (Å²) in [6.45, 7) is 5.43. The Morgan fingerprint density at radius 2 is 1.38 bits per heavy atom. The standard InChI is InChI=1S/C39H56N10O15/c1-27(2)35(47-34(51)26-62-25-33(50)42-14-16-58-18-20-60-22-23-61-21-19-59-17-15-44-48-41)37(53)46-32(4-3-13-43-38(40)54)36(52)45-29-7-5-28(6-8-29)24-63-39(55)64-31-11-9-30(10-12-31)49(56)57/h5-12,27,32,35H,3-4,13-26H2,1-2H3,(H,42,50)(H,45,52)(H,46,53)(H,47,51)(H3,40,43,54)/t32-,35?/m1/s1. The summed E-state index contributed by atoms with van der Waals surface area (Å²) in [5.74, 6) is -2.83. The molecule has 352 valence electrons. The van der Waals surface area contributed by atoms with Gasteiger partial charge in [-0.1, -0.05) is 31.1 Å². The number of hydrogen-bond acceptors (Lipinski definition) is 16. The number of hydrogen-bond donors (Lipinski definition) is 6. The Labute approximate surface area is 368 Å². The third-order valence-electron chi connectivity index (χ3n) is 8.24. The first-order valence-corrected chi connectivity index (χ1v) is 20.1. The summed E-state index contributed by atoms with van der Waals surface area (Å²) in [5.41, 5.74) is 14.0. The highest BCUT2D eigenvalue weighted by Crippen LogP contribution is 2.18. The molecule has 25 heteroatoms. The minimum Gasteiger partial charge on any atom is -0.429 e. The number of nitro groups is 1. The molecule has 2 aromatic rings. The van der Waals surface area contributed by atoms with Crippen LogP contribution in [-0.2, 0) is 54.2 Å². The first-order chi connectivity index (χ1) is 30.8. The molecule has 0 aliphatic heterocycles. The number of primary amides is 1. The minimum absolute atomic E-state index is 0.0491. The van der Waals surface area contributed by atoms with Crippen LogP contribution in [-0.4, -0.2) is 139 Å².